The Kier molecular flexibility index (Phi) is 5.55. The molecule has 0 aliphatic carbocycles. The molecule has 0 saturated carbocycles. The van der Waals surface area contributed by atoms with E-state index < -0.39 is 11.8 Å². The van der Waals surface area contributed by atoms with E-state index >= 15 is 0 Å². The van der Waals surface area contributed by atoms with Crippen molar-refractivity contribution in [1.29, 1.82) is 0 Å². The summed E-state index contributed by atoms with van der Waals surface area (Å²) in [6, 6.07) is 18.7. The van der Waals surface area contributed by atoms with Gasteiger partial charge in [0, 0.05) is 5.56 Å². The third-order valence-corrected chi connectivity index (χ3v) is 4.44. The van der Waals surface area contributed by atoms with Gasteiger partial charge in [-0.3, -0.25) is 0 Å². The molecule has 138 valence electrons. The summed E-state index contributed by atoms with van der Waals surface area (Å²) < 4.78 is 24.0. The molecule has 0 unspecified atom stereocenters. The molecule has 4 heteroatoms. The van der Waals surface area contributed by atoms with E-state index in [-0.39, 0.29) is 5.56 Å². The van der Waals surface area contributed by atoms with Gasteiger partial charge in [0.15, 0.2) is 0 Å². The van der Waals surface area contributed by atoms with Gasteiger partial charge < -0.3 is 9.47 Å². The minimum absolute atomic E-state index is 0.0533. The van der Waals surface area contributed by atoms with E-state index in [1.165, 1.54) is 24.8 Å². The minimum Gasteiger partial charge on any atom is -0.496 e. The van der Waals surface area contributed by atoms with Gasteiger partial charge in [0.1, 0.15) is 11.6 Å². The van der Waals surface area contributed by atoms with Crippen LogP contribution in [0.25, 0.3) is 11.1 Å². The van der Waals surface area contributed by atoms with E-state index in [9.17, 15) is 9.18 Å². The number of halogens is 1. The molecule has 0 aliphatic heterocycles. The van der Waals surface area contributed by atoms with Crippen molar-refractivity contribution in [2.24, 2.45) is 0 Å². The highest BCUT2D eigenvalue weighted by Crippen LogP contribution is 2.32. The number of methoxy groups -OCH3 is 2. The van der Waals surface area contributed by atoms with Crippen molar-refractivity contribution < 1.29 is 18.7 Å². The van der Waals surface area contributed by atoms with E-state index in [1.54, 1.807) is 13.2 Å². The molecule has 0 saturated heterocycles. The van der Waals surface area contributed by atoms with Crippen LogP contribution in [-0.4, -0.2) is 20.2 Å². The fourth-order valence-electron chi connectivity index (χ4n) is 3.09. The highest BCUT2D eigenvalue weighted by molar-refractivity contribution is 5.89. The highest BCUT2D eigenvalue weighted by Gasteiger charge is 2.14. The van der Waals surface area contributed by atoms with E-state index in [4.69, 9.17) is 4.74 Å². The Morgan fingerprint density at radius 1 is 0.963 bits per heavy atom. The SMILES string of the molecule is COC(=O)c1cc(Cc2ccc(OC)c(-c3cccc(C)c3)c2)ccc1F. The number of aryl methyl sites for hydroxylation is 1. The van der Waals surface area contributed by atoms with Crippen molar-refractivity contribution in [3.05, 3.63) is 88.7 Å². The van der Waals surface area contributed by atoms with E-state index in [0.29, 0.717) is 6.42 Å². The lowest BCUT2D eigenvalue weighted by Crippen LogP contribution is -2.05. The molecule has 0 radical (unpaired) electrons. The van der Waals surface area contributed by atoms with Crippen LogP contribution in [0.1, 0.15) is 27.0 Å². The summed E-state index contributed by atoms with van der Waals surface area (Å²) in [7, 11) is 2.89. The van der Waals surface area contributed by atoms with Crippen molar-refractivity contribution >= 4 is 5.97 Å². The average Bonchev–Trinajstić information content (AvgIpc) is 2.68. The zero-order chi connectivity index (χ0) is 19.4. The maximum absolute atomic E-state index is 13.9. The van der Waals surface area contributed by atoms with Gasteiger partial charge in [0.2, 0.25) is 0 Å². The Balaban J connectivity index is 1.97. The Bertz CT molecular complexity index is 979. The summed E-state index contributed by atoms with van der Waals surface area (Å²) >= 11 is 0. The van der Waals surface area contributed by atoms with Crippen LogP contribution in [0.15, 0.2) is 60.7 Å². The number of carbonyl (C=O) groups excluding carboxylic acids is 1. The van der Waals surface area contributed by atoms with E-state index in [2.05, 4.69) is 16.9 Å². The molecule has 0 aromatic heterocycles. The van der Waals surface area contributed by atoms with Gasteiger partial charge in [-0.1, -0.05) is 42.0 Å². The van der Waals surface area contributed by atoms with Crippen molar-refractivity contribution in [2.45, 2.75) is 13.3 Å². The number of carbonyl (C=O) groups is 1. The summed E-state index contributed by atoms with van der Waals surface area (Å²) in [5.41, 5.74) is 5.05. The van der Waals surface area contributed by atoms with E-state index in [1.807, 2.05) is 37.3 Å². The van der Waals surface area contributed by atoms with Gasteiger partial charge >= 0.3 is 5.97 Å². The maximum Gasteiger partial charge on any atom is 0.340 e. The molecular weight excluding hydrogens is 343 g/mol. The molecule has 3 aromatic carbocycles. The lowest BCUT2D eigenvalue weighted by Gasteiger charge is -2.12. The van der Waals surface area contributed by atoms with Gasteiger partial charge in [-0.2, -0.15) is 0 Å². The first kappa shape index (κ1) is 18.6. The molecule has 0 spiro atoms. The van der Waals surface area contributed by atoms with E-state index in [0.717, 1.165) is 28.0 Å². The third-order valence-electron chi connectivity index (χ3n) is 4.44. The standard InChI is InChI=1S/C23H21FO3/c1-15-5-4-6-18(11-15)19-13-17(8-10-22(19)26-2)12-16-7-9-21(24)20(14-16)23(25)27-3/h4-11,13-14H,12H2,1-3H3. The van der Waals surface area contributed by atoms with Crippen LogP contribution in [0.5, 0.6) is 5.75 Å². The second-order valence-corrected chi connectivity index (χ2v) is 6.39. The van der Waals surface area contributed by atoms with Gasteiger partial charge in [0.25, 0.3) is 0 Å². The predicted octanol–water partition coefficient (Wildman–Crippen LogP) is 5.19. The number of hydrogen-bond acceptors (Lipinski definition) is 3. The zero-order valence-corrected chi connectivity index (χ0v) is 15.6. The summed E-state index contributed by atoms with van der Waals surface area (Å²) in [5, 5.41) is 0. The van der Waals surface area contributed by atoms with Gasteiger partial charge in [-0.25, -0.2) is 9.18 Å². The molecule has 0 fully saturated rings. The molecule has 3 nitrogen and oxygen atoms in total. The number of esters is 1. The molecular formula is C23H21FO3. The van der Waals surface area contributed by atoms with Gasteiger partial charge in [-0.05, 0) is 54.3 Å². The summed E-state index contributed by atoms with van der Waals surface area (Å²) in [5.74, 6) is -0.469. The topological polar surface area (TPSA) is 35.5 Å². The van der Waals surface area contributed by atoms with Crippen molar-refractivity contribution in [1.82, 2.24) is 0 Å². The monoisotopic (exact) mass is 364 g/mol. The van der Waals surface area contributed by atoms with Crippen molar-refractivity contribution in [2.75, 3.05) is 14.2 Å². The number of rotatable bonds is 5. The zero-order valence-electron chi connectivity index (χ0n) is 15.6. The number of ether oxygens (including phenoxy) is 2. The molecule has 0 bridgehead atoms. The number of hydrogen-bond donors (Lipinski definition) is 0. The fourth-order valence-corrected chi connectivity index (χ4v) is 3.09. The Morgan fingerprint density at radius 2 is 1.70 bits per heavy atom. The minimum atomic E-state index is -0.676. The largest absolute Gasteiger partial charge is 0.496 e. The Morgan fingerprint density at radius 3 is 2.41 bits per heavy atom. The van der Waals surface area contributed by atoms with Crippen LogP contribution < -0.4 is 4.74 Å². The van der Waals surface area contributed by atoms with Crippen LogP contribution in [-0.2, 0) is 11.2 Å². The van der Waals surface area contributed by atoms with Crippen LogP contribution in [0.4, 0.5) is 4.39 Å². The van der Waals surface area contributed by atoms with Gasteiger partial charge in [-0.15, -0.1) is 0 Å². The second-order valence-electron chi connectivity index (χ2n) is 6.39. The molecule has 0 heterocycles. The fraction of sp³-hybridized carbons (Fsp3) is 0.174. The number of benzene rings is 3. The first-order valence-electron chi connectivity index (χ1n) is 8.62. The highest BCUT2D eigenvalue weighted by atomic mass is 19.1. The normalized spacial score (nSPS) is 10.5. The average molecular weight is 364 g/mol. The lowest BCUT2D eigenvalue weighted by atomic mass is 9.96. The van der Waals surface area contributed by atoms with Gasteiger partial charge in [0.05, 0.1) is 19.8 Å². The van der Waals surface area contributed by atoms with Crippen LogP contribution in [0, 0.1) is 12.7 Å². The first-order valence-corrected chi connectivity index (χ1v) is 8.62. The van der Waals surface area contributed by atoms with Crippen molar-refractivity contribution in [3.8, 4) is 16.9 Å². The van der Waals surface area contributed by atoms with Crippen molar-refractivity contribution in [3.63, 3.8) is 0 Å². The molecule has 0 atom stereocenters. The van der Waals surface area contributed by atoms with Crippen LogP contribution >= 0.6 is 0 Å². The second kappa shape index (κ2) is 8.04. The van der Waals surface area contributed by atoms with Crippen LogP contribution in [0.2, 0.25) is 0 Å². The Labute approximate surface area is 158 Å². The summed E-state index contributed by atoms with van der Waals surface area (Å²) in [6.45, 7) is 2.05. The molecule has 0 aliphatic rings. The molecule has 3 aromatic rings. The maximum atomic E-state index is 13.9. The summed E-state index contributed by atoms with van der Waals surface area (Å²) in [6.07, 6.45) is 0.563. The lowest BCUT2D eigenvalue weighted by molar-refractivity contribution is 0.0595. The summed E-state index contributed by atoms with van der Waals surface area (Å²) in [4.78, 5) is 11.7. The molecule has 3 rings (SSSR count). The third kappa shape index (κ3) is 4.17. The molecule has 27 heavy (non-hydrogen) atoms. The quantitative estimate of drug-likeness (QED) is 0.585. The molecule has 0 N–H and O–H groups in total. The smallest absolute Gasteiger partial charge is 0.340 e. The first-order chi connectivity index (χ1) is 13.0. The Hall–Kier alpha value is -3.14. The van der Waals surface area contributed by atoms with Crippen LogP contribution in [0.3, 0.4) is 0 Å². The molecule has 0 amide bonds. The predicted molar refractivity (Wildman–Crippen MR) is 104 cm³/mol.